The monoisotopic (exact) mass is 189 g/mol. The standard InChI is InChI=1S/C8H15NO2S/c1-7(8(10)11-2)9-3-5-12-6-4-9/h7H,3-6H2,1-2H3/t7-/m1/s1. The molecule has 4 heteroatoms. The second-order valence-corrected chi connectivity index (χ2v) is 4.07. The summed E-state index contributed by atoms with van der Waals surface area (Å²) >= 11 is 1.94. The lowest BCUT2D eigenvalue weighted by Gasteiger charge is -2.30. The summed E-state index contributed by atoms with van der Waals surface area (Å²) in [5.74, 6) is 2.13. The highest BCUT2D eigenvalue weighted by Gasteiger charge is 2.22. The van der Waals surface area contributed by atoms with Crippen LogP contribution < -0.4 is 0 Å². The molecule has 70 valence electrons. The van der Waals surface area contributed by atoms with Crippen molar-refractivity contribution < 1.29 is 9.53 Å². The molecule has 0 unspecified atom stereocenters. The van der Waals surface area contributed by atoms with Gasteiger partial charge in [-0.2, -0.15) is 11.8 Å². The molecular weight excluding hydrogens is 174 g/mol. The van der Waals surface area contributed by atoms with E-state index in [-0.39, 0.29) is 12.0 Å². The number of esters is 1. The van der Waals surface area contributed by atoms with Crippen LogP contribution in [0.5, 0.6) is 0 Å². The first-order valence-electron chi connectivity index (χ1n) is 4.15. The predicted molar refractivity (Wildman–Crippen MR) is 50.4 cm³/mol. The Kier molecular flexibility index (Phi) is 3.88. The molecule has 0 N–H and O–H groups in total. The molecule has 0 saturated carbocycles. The summed E-state index contributed by atoms with van der Waals surface area (Å²) < 4.78 is 4.68. The van der Waals surface area contributed by atoms with Gasteiger partial charge in [-0.3, -0.25) is 9.69 Å². The zero-order valence-electron chi connectivity index (χ0n) is 7.58. The molecule has 1 rings (SSSR count). The topological polar surface area (TPSA) is 29.5 Å². The maximum atomic E-state index is 11.1. The van der Waals surface area contributed by atoms with Crippen molar-refractivity contribution in [1.29, 1.82) is 0 Å². The van der Waals surface area contributed by atoms with Gasteiger partial charge in [-0.25, -0.2) is 0 Å². The summed E-state index contributed by atoms with van der Waals surface area (Å²) in [6.07, 6.45) is 0. The minimum absolute atomic E-state index is 0.0732. The zero-order chi connectivity index (χ0) is 8.97. The maximum Gasteiger partial charge on any atom is 0.322 e. The summed E-state index contributed by atoms with van der Waals surface area (Å²) in [6.45, 7) is 3.91. The zero-order valence-corrected chi connectivity index (χ0v) is 8.39. The van der Waals surface area contributed by atoms with Crippen LogP contribution in [0.3, 0.4) is 0 Å². The van der Waals surface area contributed by atoms with Gasteiger partial charge in [0.15, 0.2) is 0 Å². The van der Waals surface area contributed by atoms with Crippen LogP contribution in [0.1, 0.15) is 6.92 Å². The fourth-order valence-electron chi connectivity index (χ4n) is 1.28. The van der Waals surface area contributed by atoms with E-state index in [2.05, 4.69) is 9.64 Å². The highest BCUT2D eigenvalue weighted by Crippen LogP contribution is 2.12. The molecule has 0 amide bonds. The molecule has 1 saturated heterocycles. The number of carbonyl (C=O) groups is 1. The van der Waals surface area contributed by atoms with E-state index >= 15 is 0 Å². The Labute approximate surface area is 77.4 Å². The Bertz CT molecular complexity index is 157. The fraction of sp³-hybridized carbons (Fsp3) is 0.875. The third kappa shape index (κ3) is 2.38. The molecule has 1 fully saturated rings. The Hall–Kier alpha value is -0.220. The third-order valence-corrected chi connectivity index (χ3v) is 3.08. The molecular formula is C8H15NO2S. The highest BCUT2D eigenvalue weighted by atomic mass is 32.2. The van der Waals surface area contributed by atoms with Crippen LogP contribution in [0.15, 0.2) is 0 Å². The van der Waals surface area contributed by atoms with Gasteiger partial charge in [0, 0.05) is 24.6 Å². The SMILES string of the molecule is COC(=O)[C@@H](C)N1CCSCC1. The molecule has 0 bridgehead atoms. The molecule has 0 aromatic carbocycles. The maximum absolute atomic E-state index is 11.1. The first-order chi connectivity index (χ1) is 5.75. The predicted octanol–water partition coefficient (Wildman–Crippen LogP) is 0.597. The Balaban J connectivity index is 2.39. The van der Waals surface area contributed by atoms with Crippen LogP contribution in [-0.4, -0.2) is 48.6 Å². The third-order valence-electron chi connectivity index (χ3n) is 2.14. The number of hydrogen-bond acceptors (Lipinski definition) is 4. The van der Waals surface area contributed by atoms with E-state index in [1.165, 1.54) is 7.11 Å². The van der Waals surface area contributed by atoms with Crippen molar-refractivity contribution in [2.24, 2.45) is 0 Å². The van der Waals surface area contributed by atoms with Crippen LogP contribution in [-0.2, 0) is 9.53 Å². The largest absolute Gasteiger partial charge is 0.468 e. The van der Waals surface area contributed by atoms with Crippen LogP contribution in [0.2, 0.25) is 0 Å². The van der Waals surface area contributed by atoms with Crippen LogP contribution in [0.4, 0.5) is 0 Å². The van der Waals surface area contributed by atoms with E-state index < -0.39 is 0 Å². The van der Waals surface area contributed by atoms with Gasteiger partial charge in [0.1, 0.15) is 6.04 Å². The number of thioether (sulfide) groups is 1. The number of hydrogen-bond donors (Lipinski definition) is 0. The van der Waals surface area contributed by atoms with E-state index in [0.29, 0.717) is 0 Å². The van der Waals surface area contributed by atoms with Crippen molar-refractivity contribution in [3.05, 3.63) is 0 Å². The van der Waals surface area contributed by atoms with Crippen molar-refractivity contribution in [3.8, 4) is 0 Å². The minimum atomic E-state index is -0.123. The molecule has 0 aliphatic carbocycles. The van der Waals surface area contributed by atoms with Crippen molar-refractivity contribution in [2.75, 3.05) is 31.7 Å². The molecule has 1 aliphatic heterocycles. The van der Waals surface area contributed by atoms with Gasteiger partial charge in [-0.1, -0.05) is 0 Å². The molecule has 1 atom stereocenters. The Morgan fingerprint density at radius 3 is 2.58 bits per heavy atom. The number of nitrogens with zero attached hydrogens (tertiary/aromatic N) is 1. The lowest BCUT2D eigenvalue weighted by atomic mass is 10.3. The molecule has 1 heterocycles. The summed E-state index contributed by atoms with van der Waals surface area (Å²) in [7, 11) is 1.44. The van der Waals surface area contributed by atoms with Gasteiger partial charge in [0.05, 0.1) is 7.11 Å². The number of methoxy groups -OCH3 is 1. The molecule has 0 radical (unpaired) electrons. The number of carbonyl (C=O) groups excluding carboxylic acids is 1. The van der Waals surface area contributed by atoms with E-state index in [1.54, 1.807) is 0 Å². The minimum Gasteiger partial charge on any atom is -0.468 e. The summed E-state index contributed by atoms with van der Waals surface area (Å²) in [4.78, 5) is 13.3. The average Bonchev–Trinajstić information content (AvgIpc) is 2.17. The first-order valence-corrected chi connectivity index (χ1v) is 5.31. The van der Waals surface area contributed by atoms with Crippen molar-refractivity contribution in [3.63, 3.8) is 0 Å². The van der Waals surface area contributed by atoms with Crippen LogP contribution >= 0.6 is 11.8 Å². The van der Waals surface area contributed by atoms with Crippen molar-refractivity contribution in [1.82, 2.24) is 4.90 Å². The highest BCUT2D eigenvalue weighted by molar-refractivity contribution is 7.99. The summed E-state index contributed by atoms with van der Waals surface area (Å²) in [5, 5.41) is 0. The van der Waals surface area contributed by atoms with Crippen molar-refractivity contribution >= 4 is 17.7 Å². The van der Waals surface area contributed by atoms with Gasteiger partial charge in [0.2, 0.25) is 0 Å². The fourth-order valence-corrected chi connectivity index (χ4v) is 2.22. The summed E-state index contributed by atoms with van der Waals surface area (Å²) in [5.41, 5.74) is 0. The van der Waals surface area contributed by atoms with E-state index in [9.17, 15) is 4.79 Å². The van der Waals surface area contributed by atoms with Gasteiger partial charge in [0.25, 0.3) is 0 Å². The lowest BCUT2D eigenvalue weighted by molar-refractivity contribution is -0.146. The molecule has 1 aliphatic rings. The van der Waals surface area contributed by atoms with Gasteiger partial charge < -0.3 is 4.74 Å². The molecule has 0 spiro atoms. The number of rotatable bonds is 2. The molecule has 0 aromatic heterocycles. The first kappa shape index (κ1) is 9.86. The van der Waals surface area contributed by atoms with Crippen LogP contribution in [0.25, 0.3) is 0 Å². The second-order valence-electron chi connectivity index (χ2n) is 2.85. The molecule has 12 heavy (non-hydrogen) atoms. The van der Waals surface area contributed by atoms with Crippen LogP contribution in [0, 0.1) is 0 Å². The van der Waals surface area contributed by atoms with Gasteiger partial charge in [-0.05, 0) is 6.92 Å². The Morgan fingerprint density at radius 2 is 2.08 bits per heavy atom. The quantitative estimate of drug-likeness (QED) is 0.595. The Morgan fingerprint density at radius 1 is 1.50 bits per heavy atom. The molecule has 0 aromatic rings. The average molecular weight is 189 g/mol. The number of ether oxygens (including phenoxy) is 1. The van der Waals surface area contributed by atoms with E-state index in [0.717, 1.165) is 24.6 Å². The lowest BCUT2D eigenvalue weighted by Crippen LogP contribution is -2.44. The van der Waals surface area contributed by atoms with E-state index in [1.807, 2.05) is 18.7 Å². The second kappa shape index (κ2) is 4.72. The smallest absolute Gasteiger partial charge is 0.322 e. The summed E-state index contributed by atoms with van der Waals surface area (Å²) in [6, 6.07) is -0.0732. The normalized spacial score (nSPS) is 21.8. The van der Waals surface area contributed by atoms with E-state index in [4.69, 9.17) is 0 Å². The van der Waals surface area contributed by atoms with Crippen molar-refractivity contribution in [2.45, 2.75) is 13.0 Å². The van der Waals surface area contributed by atoms with Gasteiger partial charge >= 0.3 is 5.97 Å². The molecule has 3 nitrogen and oxygen atoms in total. The van der Waals surface area contributed by atoms with Gasteiger partial charge in [-0.15, -0.1) is 0 Å².